The summed E-state index contributed by atoms with van der Waals surface area (Å²) in [7, 11) is -3.71. The molecule has 0 aliphatic heterocycles. The van der Waals surface area contributed by atoms with Crippen LogP contribution in [-0.2, 0) is 14.5 Å². The second kappa shape index (κ2) is 6.76. The topological polar surface area (TPSA) is 61.2 Å². The molecule has 0 saturated heterocycles. The van der Waals surface area contributed by atoms with Crippen molar-refractivity contribution in [3.8, 4) is 0 Å². The van der Waals surface area contributed by atoms with Gasteiger partial charge >= 0.3 is 10.3 Å². The van der Waals surface area contributed by atoms with Crippen LogP contribution in [0, 0.1) is 0 Å². The van der Waals surface area contributed by atoms with Crippen LogP contribution >= 0.6 is 0 Å². The Bertz CT molecular complexity index is 400. The van der Waals surface area contributed by atoms with E-state index >= 15 is 0 Å². The van der Waals surface area contributed by atoms with Crippen LogP contribution in [0.4, 0.5) is 0 Å². The van der Waals surface area contributed by atoms with E-state index in [1.54, 1.807) is 0 Å². The van der Waals surface area contributed by atoms with Gasteiger partial charge in [-0.15, -0.1) is 0 Å². The number of unbranched alkanes of at least 4 members (excludes halogenated alkanes) is 2. The van der Waals surface area contributed by atoms with Crippen LogP contribution in [0.2, 0.25) is 0 Å². The summed E-state index contributed by atoms with van der Waals surface area (Å²) in [4.78, 5) is 3.70. The normalized spacial score (nSPS) is 13.8. The van der Waals surface area contributed by atoms with Gasteiger partial charge in [-0.05, 0) is 12.8 Å². The molecule has 1 atom stereocenters. The van der Waals surface area contributed by atoms with Gasteiger partial charge in [0, 0.05) is 12.4 Å². The van der Waals surface area contributed by atoms with Crippen molar-refractivity contribution in [3.05, 3.63) is 18.7 Å². The highest BCUT2D eigenvalue weighted by Gasteiger charge is 2.19. The summed E-state index contributed by atoms with van der Waals surface area (Å²) in [5.41, 5.74) is 0. The Morgan fingerprint density at radius 3 is 2.65 bits per heavy atom. The SMILES string of the molecule is CCCCCC(CC)OS(=O)(=O)n1ccnc1. The van der Waals surface area contributed by atoms with Gasteiger partial charge in [0.1, 0.15) is 6.33 Å². The zero-order valence-electron chi connectivity index (χ0n) is 10.4. The summed E-state index contributed by atoms with van der Waals surface area (Å²) in [5.74, 6) is 0. The molecule has 5 nitrogen and oxygen atoms in total. The predicted molar refractivity (Wildman–Crippen MR) is 65.9 cm³/mol. The van der Waals surface area contributed by atoms with Crippen LogP contribution in [-0.4, -0.2) is 23.5 Å². The fourth-order valence-corrected chi connectivity index (χ4v) is 2.59. The van der Waals surface area contributed by atoms with Crippen LogP contribution < -0.4 is 0 Å². The predicted octanol–water partition coefficient (Wildman–Crippen LogP) is 2.35. The molecule has 0 bridgehead atoms. The van der Waals surface area contributed by atoms with Crippen LogP contribution in [0.5, 0.6) is 0 Å². The van der Waals surface area contributed by atoms with Crippen molar-refractivity contribution in [3.63, 3.8) is 0 Å². The monoisotopic (exact) mass is 260 g/mol. The molecule has 1 heterocycles. The molecule has 1 unspecified atom stereocenters. The number of nitrogens with zero attached hydrogens (tertiary/aromatic N) is 2. The molecule has 0 N–H and O–H groups in total. The molecule has 6 heteroatoms. The fourth-order valence-electron chi connectivity index (χ4n) is 1.54. The van der Waals surface area contributed by atoms with Gasteiger partial charge in [-0.2, -0.15) is 8.42 Å². The highest BCUT2D eigenvalue weighted by molar-refractivity contribution is 7.85. The summed E-state index contributed by atoms with van der Waals surface area (Å²) < 4.78 is 29.8. The van der Waals surface area contributed by atoms with E-state index in [1.165, 1.54) is 18.7 Å². The van der Waals surface area contributed by atoms with Crippen LogP contribution in [0.3, 0.4) is 0 Å². The van der Waals surface area contributed by atoms with Crippen molar-refractivity contribution in [2.45, 2.75) is 52.1 Å². The molecule has 0 amide bonds. The van der Waals surface area contributed by atoms with Crippen LogP contribution in [0.1, 0.15) is 46.0 Å². The minimum atomic E-state index is -3.71. The Kier molecular flexibility index (Phi) is 5.64. The van der Waals surface area contributed by atoms with Crippen LogP contribution in [0.15, 0.2) is 18.7 Å². The molecule has 0 aliphatic rings. The summed E-state index contributed by atoms with van der Waals surface area (Å²) in [6, 6.07) is 0. The minimum absolute atomic E-state index is 0.242. The molecule has 98 valence electrons. The van der Waals surface area contributed by atoms with Gasteiger partial charge in [0.25, 0.3) is 0 Å². The van der Waals surface area contributed by atoms with Crippen molar-refractivity contribution in [2.24, 2.45) is 0 Å². The molecule has 0 aromatic carbocycles. The average molecular weight is 260 g/mol. The van der Waals surface area contributed by atoms with Gasteiger partial charge in [-0.25, -0.2) is 13.1 Å². The minimum Gasteiger partial charge on any atom is -0.250 e. The molecule has 1 aromatic heterocycles. The third-order valence-corrected chi connectivity index (χ3v) is 3.83. The summed E-state index contributed by atoms with van der Waals surface area (Å²) in [5, 5.41) is 0. The van der Waals surface area contributed by atoms with Crippen LogP contribution in [0.25, 0.3) is 0 Å². The highest BCUT2D eigenvalue weighted by Crippen LogP contribution is 2.14. The first-order chi connectivity index (χ1) is 8.10. The van der Waals surface area contributed by atoms with E-state index < -0.39 is 10.3 Å². The number of imidazole rings is 1. The first kappa shape index (κ1) is 14.2. The first-order valence-electron chi connectivity index (χ1n) is 6.02. The zero-order chi connectivity index (χ0) is 12.7. The molecule has 1 rings (SSSR count). The number of hydrogen-bond donors (Lipinski definition) is 0. The molecular formula is C11H20N2O3S. The third-order valence-electron chi connectivity index (χ3n) is 2.58. The Morgan fingerprint density at radius 2 is 2.12 bits per heavy atom. The lowest BCUT2D eigenvalue weighted by molar-refractivity contribution is 0.187. The molecule has 0 aliphatic carbocycles. The van der Waals surface area contributed by atoms with E-state index in [9.17, 15) is 8.42 Å². The number of aromatic nitrogens is 2. The van der Waals surface area contributed by atoms with E-state index in [4.69, 9.17) is 4.18 Å². The highest BCUT2D eigenvalue weighted by atomic mass is 32.2. The lowest BCUT2D eigenvalue weighted by Gasteiger charge is -2.15. The first-order valence-corrected chi connectivity index (χ1v) is 7.38. The molecule has 0 fully saturated rings. The molecule has 0 spiro atoms. The van der Waals surface area contributed by atoms with Crippen molar-refractivity contribution in [1.29, 1.82) is 0 Å². The van der Waals surface area contributed by atoms with Crippen molar-refractivity contribution in [2.75, 3.05) is 0 Å². The molecule has 0 radical (unpaired) electrons. The second-order valence-electron chi connectivity index (χ2n) is 3.97. The number of rotatable bonds is 8. The zero-order valence-corrected chi connectivity index (χ0v) is 11.2. The van der Waals surface area contributed by atoms with Gasteiger partial charge in [0.05, 0.1) is 6.10 Å². The van der Waals surface area contributed by atoms with Gasteiger partial charge in [-0.1, -0.05) is 33.1 Å². The maximum absolute atomic E-state index is 11.8. The van der Waals surface area contributed by atoms with Gasteiger partial charge in [0.15, 0.2) is 0 Å². The fraction of sp³-hybridized carbons (Fsp3) is 0.727. The summed E-state index contributed by atoms with van der Waals surface area (Å²) in [6.45, 7) is 4.05. The molecule has 17 heavy (non-hydrogen) atoms. The Hall–Kier alpha value is -0.880. The van der Waals surface area contributed by atoms with Crippen molar-refractivity contribution >= 4 is 10.3 Å². The van der Waals surface area contributed by atoms with E-state index in [0.717, 1.165) is 29.7 Å². The van der Waals surface area contributed by atoms with E-state index in [1.807, 2.05) is 6.92 Å². The summed E-state index contributed by atoms with van der Waals surface area (Å²) >= 11 is 0. The Morgan fingerprint density at radius 1 is 1.35 bits per heavy atom. The largest absolute Gasteiger partial charge is 0.367 e. The molecule has 0 saturated carbocycles. The van der Waals surface area contributed by atoms with Crippen molar-refractivity contribution < 1.29 is 12.6 Å². The van der Waals surface area contributed by atoms with E-state index in [-0.39, 0.29) is 6.10 Å². The molecule has 1 aromatic rings. The van der Waals surface area contributed by atoms with Gasteiger partial charge in [-0.3, -0.25) is 0 Å². The third kappa shape index (κ3) is 4.47. The average Bonchev–Trinajstić information content (AvgIpc) is 2.82. The smallest absolute Gasteiger partial charge is 0.250 e. The van der Waals surface area contributed by atoms with E-state index in [0.29, 0.717) is 6.42 Å². The lowest BCUT2D eigenvalue weighted by Crippen LogP contribution is -2.22. The maximum Gasteiger partial charge on any atom is 0.367 e. The van der Waals surface area contributed by atoms with E-state index in [2.05, 4.69) is 11.9 Å². The summed E-state index contributed by atoms with van der Waals surface area (Å²) in [6.07, 6.45) is 8.45. The maximum atomic E-state index is 11.8. The number of hydrogen-bond acceptors (Lipinski definition) is 4. The Labute approximate surface area is 103 Å². The Balaban J connectivity index is 2.56. The van der Waals surface area contributed by atoms with Crippen molar-refractivity contribution in [1.82, 2.24) is 8.96 Å². The molecular weight excluding hydrogens is 240 g/mol. The quantitative estimate of drug-likeness (QED) is 0.673. The standard InChI is InChI=1S/C11H20N2O3S/c1-3-5-6-7-11(4-2)16-17(14,15)13-9-8-12-10-13/h8-11H,3-7H2,1-2H3. The van der Waals surface area contributed by atoms with Gasteiger partial charge in [0.2, 0.25) is 0 Å². The second-order valence-corrected chi connectivity index (χ2v) is 5.44. The van der Waals surface area contributed by atoms with Gasteiger partial charge < -0.3 is 0 Å². The lowest BCUT2D eigenvalue weighted by atomic mass is 10.1.